The molecule has 0 aliphatic carbocycles. The van der Waals surface area contributed by atoms with Crippen LogP contribution in [-0.4, -0.2) is 30.6 Å². The van der Waals surface area contributed by atoms with E-state index in [4.69, 9.17) is 0 Å². The topological polar surface area (TPSA) is 32.3 Å². The summed E-state index contributed by atoms with van der Waals surface area (Å²) in [6, 6.07) is 0.370. The van der Waals surface area contributed by atoms with Crippen LogP contribution in [0.25, 0.3) is 0 Å². The van der Waals surface area contributed by atoms with Crippen molar-refractivity contribution >= 4 is 6.03 Å². The van der Waals surface area contributed by atoms with Gasteiger partial charge in [-0.25, -0.2) is 4.79 Å². The summed E-state index contributed by atoms with van der Waals surface area (Å²) in [6.07, 6.45) is 0. The molecule has 0 saturated carbocycles. The molecule has 2 amide bonds. The first-order valence-corrected chi connectivity index (χ1v) is 3.63. The molecule has 0 radical (unpaired) electrons. The second kappa shape index (κ2) is 2.48. The third-order valence-corrected chi connectivity index (χ3v) is 2.11. The van der Waals surface area contributed by atoms with Crippen LogP contribution in [0.4, 0.5) is 4.79 Å². The van der Waals surface area contributed by atoms with E-state index in [1.165, 1.54) is 0 Å². The zero-order valence-electron chi connectivity index (χ0n) is 6.72. The standard InChI is InChI=1S/C7H14N2O/c1-5-4-9(3)7(10)8-6(5)2/h5-6H,4H2,1-3H3,(H,8,10). The number of rotatable bonds is 0. The molecule has 0 aromatic carbocycles. The smallest absolute Gasteiger partial charge is 0.317 e. The van der Waals surface area contributed by atoms with Gasteiger partial charge in [-0.05, 0) is 12.8 Å². The minimum Gasteiger partial charge on any atom is -0.335 e. The Balaban J connectivity index is 2.54. The van der Waals surface area contributed by atoms with E-state index in [1.54, 1.807) is 4.90 Å². The van der Waals surface area contributed by atoms with E-state index in [9.17, 15) is 4.79 Å². The molecule has 1 N–H and O–H groups in total. The van der Waals surface area contributed by atoms with Gasteiger partial charge in [0.1, 0.15) is 0 Å². The van der Waals surface area contributed by atoms with Gasteiger partial charge in [0.25, 0.3) is 0 Å². The molecule has 10 heavy (non-hydrogen) atoms. The van der Waals surface area contributed by atoms with E-state index in [0.29, 0.717) is 12.0 Å². The summed E-state index contributed by atoms with van der Waals surface area (Å²) in [6.45, 7) is 5.04. The third kappa shape index (κ3) is 1.23. The number of hydrogen-bond acceptors (Lipinski definition) is 1. The molecule has 2 unspecified atom stereocenters. The number of carbonyl (C=O) groups excluding carboxylic acids is 1. The van der Waals surface area contributed by atoms with E-state index in [-0.39, 0.29) is 6.03 Å². The van der Waals surface area contributed by atoms with Crippen molar-refractivity contribution in [3.63, 3.8) is 0 Å². The van der Waals surface area contributed by atoms with Crippen molar-refractivity contribution in [2.45, 2.75) is 19.9 Å². The molecule has 1 saturated heterocycles. The van der Waals surface area contributed by atoms with E-state index in [0.717, 1.165) is 6.54 Å². The van der Waals surface area contributed by atoms with Crippen LogP contribution < -0.4 is 5.32 Å². The molecule has 0 spiro atoms. The number of amides is 2. The molecule has 1 heterocycles. The highest BCUT2D eigenvalue weighted by Crippen LogP contribution is 2.09. The summed E-state index contributed by atoms with van der Waals surface area (Å²) in [5.74, 6) is 0.558. The van der Waals surface area contributed by atoms with Crippen LogP contribution in [0.15, 0.2) is 0 Å². The Bertz CT molecular complexity index is 147. The first kappa shape index (κ1) is 7.38. The number of hydrogen-bond donors (Lipinski definition) is 1. The van der Waals surface area contributed by atoms with Crippen molar-refractivity contribution in [1.82, 2.24) is 10.2 Å². The van der Waals surface area contributed by atoms with Crippen molar-refractivity contribution in [3.05, 3.63) is 0 Å². The van der Waals surface area contributed by atoms with Gasteiger partial charge in [-0.3, -0.25) is 0 Å². The highest BCUT2D eigenvalue weighted by Gasteiger charge is 2.24. The summed E-state index contributed by atoms with van der Waals surface area (Å²) >= 11 is 0. The monoisotopic (exact) mass is 142 g/mol. The van der Waals surface area contributed by atoms with Gasteiger partial charge in [0.05, 0.1) is 0 Å². The van der Waals surface area contributed by atoms with Crippen LogP contribution in [-0.2, 0) is 0 Å². The molecule has 3 nitrogen and oxygen atoms in total. The molecule has 0 aromatic heterocycles. The van der Waals surface area contributed by atoms with Crippen molar-refractivity contribution in [1.29, 1.82) is 0 Å². The molecule has 1 fully saturated rings. The molecule has 1 rings (SSSR count). The lowest BCUT2D eigenvalue weighted by Gasteiger charge is -2.33. The molecule has 0 bridgehead atoms. The minimum absolute atomic E-state index is 0.0469. The maximum absolute atomic E-state index is 11.0. The Morgan fingerprint density at radius 1 is 1.60 bits per heavy atom. The Morgan fingerprint density at radius 2 is 2.20 bits per heavy atom. The average molecular weight is 142 g/mol. The molecule has 3 heteroatoms. The van der Waals surface area contributed by atoms with E-state index < -0.39 is 0 Å². The molecule has 0 aromatic rings. The van der Waals surface area contributed by atoms with E-state index >= 15 is 0 Å². The fraction of sp³-hybridized carbons (Fsp3) is 0.857. The lowest BCUT2D eigenvalue weighted by molar-refractivity contribution is 0.169. The van der Waals surface area contributed by atoms with Crippen LogP contribution >= 0.6 is 0 Å². The van der Waals surface area contributed by atoms with Gasteiger partial charge in [-0.15, -0.1) is 0 Å². The van der Waals surface area contributed by atoms with Gasteiger partial charge in [-0.2, -0.15) is 0 Å². The molecule has 1 aliphatic rings. The molecule has 58 valence electrons. The van der Waals surface area contributed by atoms with Crippen LogP contribution in [0.2, 0.25) is 0 Å². The molecule has 1 aliphatic heterocycles. The Morgan fingerprint density at radius 3 is 2.70 bits per heavy atom. The van der Waals surface area contributed by atoms with Gasteiger partial charge in [0.15, 0.2) is 0 Å². The van der Waals surface area contributed by atoms with Crippen molar-refractivity contribution in [2.75, 3.05) is 13.6 Å². The third-order valence-electron chi connectivity index (χ3n) is 2.11. The second-order valence-electron chi connectivity index (χ2n) is 3.10. The van der Waals surface area contributed by atoms with Crippen molar-refractivity contribution in [2.24, 2.45) is 5.92 Å². The highest BCUT2D eigenvalue weighted by atomic mass is 16.2. The molecular formula is C7H14N2O. The van der Waals surface area contributed by atoms with Crippen molar-refractivity contribution in [3.8, 4) is 0 Å². The maximum atomic E-state index is 11.0. The molecule has 2 atom stereocenters. The maximum Gasteiger partial charge on any atom is 0.317 e. The van der Waals surface area contributed by atoms with Gasteiger partial charge in [0.2, 0.25) is 0 Å². The summed E-state index contributed by atoms with van der Waals surface area (Å²) in [7, 11) is 1.82. The van der Waals surface area contributed by atoms with E-state index in [2.05, 4.69) is 12.2 Å². The van der Waals surface area contributed by atoms with Crippen molar-refractivity contribution < 1.29 is 4.79 Å². The zero-order chi connectivity index (χ0) is 7.72. The van der Waals surface area contributed by atoms with Crippen LogP contribution in [0.3, 0.4) is 0 Å². The lowest BCUT2D eigenvalue weighted by atomic mass is 10.0. The van der Waals surface area contributed by atoms with Gasteiger partial charge in [-0.1, -0.05) is 6.92 Å². The number of nitrogens with zero attached hydrogens (tertiary/aromatic N) is 1. The first-order valence-electron chi connectivity index (χ1n) is 3.63. The second-order valence-corrected chi connectivity index (χ2v) is 3.10. The summed E-state index contributed by atoms with van der Waals surface area (Å²) in [5, 5.41) is 2.87. The predicted octanol–water partition coefficient (Wildman–Crippen LogP) is 0.666. The Labute approximate surface area is 61.4 Å². The Kier molecular flexibility index (Phi) is 1.83. The van der Waals surface area contributed by atoms with Crippen LogP contribution in [0.5, 0.6) is 0 Å². The van der Waals surface area contributed by atoms with Crippen LogP contribution in [0.1, 0.15) is 13.8 Å². The average Bonchev–Trinajstić information content (AvgIpc) is 1.84. The number of nitrogens with one attached hydrogen (secondary N) is 1. The number of carbonyl (C=O) groups is 1. The quantitative estimate of drug-likeness (QED) is 0.529. The zero-order valence-corrected chi connectivity index (χ0v) is 6.72. The van der Waals surface area contributed by atoms with Gasteiger partial charge in [0, 0.05) is 19.6 Å². The SMILES string of the molecule is CC1CN(C)C(=O)NC1C. The van der Waals surface area contributed by atoms with Gasteiger partial charge < -0.3 is 10.2 Å². The summed E-state index contributed by atoms with van der Waals surface area (Å²) in [5.41, 5.74) is 0. The fourth-order valence-electron chi connectivity index (χ4n) is 1.12. The van der Waals surface area contributed by atoms with Crippen LogP contribution in [0, 0.1) is 5.92 Å². The van der Waals surface area contributed by atoms with Gasteiger partial charge >= 0.3 is 6.03 Å². The first-order chi connectivity index (χ1) is 4.61. The highest BCUT2D eigenvalue weighted by molar-refractivity contribution is 5.75. The lowest BCUT2D eigenvalue weighted by Crippen LogP contribution is -2.53. The summed E-state index contributed by atoms with van der Waals surface area (Å²) < 4.78 is 0. The minimum atomic E-state index is 0.0469. The fourth-order valence-corrected chi connectivity index (χ4v) is 1.12. The van der Waals surface area contributed by atoms with E-state index in [1.807, 2.05) is 14.0 Å². The normalized spacial score (nSPS) is 33.9. The number of urea groups is 1. The predicted molar refractivity (Wildman–Crippen MR) is 39.8 cm³/mol. The Hall–Kier alpha value is -0.730. The summed E-state index contributed by atoms with van der Waals surface area (Å²) in [4.78, 5) is 12.7. The largest absolute Gasteiger partial charge is 0.335 e. The molecular weight excluding hydrogens is 128 g/mol.